The van der Waals surface area contributed by atoms with Gasteiger partial charge in [0, 0.05) is 6.92 Å². The zero-order chi connectivity index (χ0) is 14.5. The molecular formula is C6H3F11. The largest absolute Gasteiger partial charge is 0.460 e. The molecule has 104 valence electrons. The third-order valence-corrected chi connectivity index (χ3v) is 1.70. The third-order valence-electron chi connectivity index (χ3n) is 1.70. The Morgan fingerprint density at radius 2 is 1.00 bits per heavy atom. The summed E-state index contributed by atoms with van der Waals surface area (Å²) in [6, 6.07) is 0. The van der Waals surface area contributed by atoms with Gasteiger partial charge in [-0.3, -0.25) is 0 Å². The average Bonchev–Trinajstić information content (AvgIpc) is 1.98. The lowest BCUT2D eigenvalue weighted by molar-refractivity contribution is -0.420. The molecule has 0 aliphatic carbocycles. The van der Waals surface area contributed by atoms with Crippen molar-refractivity contribution in [1.29, 1.82) is 0 Å². The number of hydrogen-bond donors (Lipinski definition) is 0. The standard InChI is InChI=1S/C6H3F11/c1-2(7,8)3(9,10)4(11,12)5(13,14)6(15,16)17/h1H3/i5+2. The number of hydrogen-bond acceptors (Lipinski definition) is 0. The summed E-state index contributed by atoms with van der Waals surface area (Å²) in [7, 11) is 0. The van der Waals surface area contributed by atoms with Gasteiger partial charge in [0.15, 0.2) is 0 Å². The Hall–Kier alpha value is -0.770. The van der Waals surface area contributed by atoms with Crippen LogP contribution in [0.3, 0.4) is 0 Å². The first-order valence-electron chi connectivity index (χ1n) is 3.58. The topological polar surface area (TPSA) is 0 Å². The van der Waals surface area contributed by atoms with Crippen LogP contribution in [-0.2, 0) is 0 Å². The fraction of sp³-hybridized carbons (Fsp3) is 1.00. The molecule has 0 aliphatic rings. The molecule has 0 fully saturated rings. The van der Waals surface area contributed by atoms with Crippen molar-refractivity contribution in [2.75, 3.05) is 0 Å². The van der Waals surface area contributed by atoms with Crippen LogP contribution in [0.2, 0.25) is 0 Å². The zero-order valence-corrected chi connectivity index (χ0v) is 7.66. The van der Waals surface area contributed by atoms with Gasteiger partial charge in [-0.05, 0) is 0 Å². The van der Waals surface area contributed by atoms with E-state index in [-0.39, 0.29) is 0 Å². The first kappa shape index (κ1) is 16.2. The van der Waals surface area contributed by atoms with Crippen LogP contribution in [0.5, 0.6) is 0 Å². The number of halogens is 11. The molecule has 0 saturated heterocycles. The van der Waals surface area contributed by atoms with Gasteiger partial charge in [-0.2, -0.15) is 48.3 Å². The van der Waals surface area contributed by atoms with Crippen molar-refractivity contribution in [3.8, 4) is 0 Å². The monoisotopic (exact) mass is 286 g/mol. The van der Waals surface area contributed by atoms with Crippen molar-refractivity contribution in [3.05, 3.63) is 0 Å². The zero-order valence-electron chi connectivity index (χ0n) is 7.66. The van der Waals surface area contributed by atoms with Crippen LogP contribution in [0.25, 0.3) is 0 Å². The summed E-state index contributed by atoms with van der Waals surface area (Å²) in [5.74, 6) is -27.2. The molecule has 0 radical (unpaired) electrons. The number of alkyl halides is 11. The van der Waals surface area contributed by atoms with Gasteiger partial charge in [0.25, 0.3) is 0 Å². The van der Waals surface area contributed by atoms with E-state index in [1.54, 1.807) is 0 Å². The molecule has 0 amide bonds. The molecule has 0 spiro atoms. The van der Waals surface area contributed by atoms with E-state index in [1.165, 1.54) is 0 Å². The van der Waals surface area contributed by atoms with Gasteiger partial charge in [0.1, 0.15) is 0 Å². The van der Waals surface area contributed by atoms with Crippen molar-refractivity contribution in [2.45, 2.75) is 36.8 Å². The van der Waals surface area contributed by atoms with Crippen molar-refractivity contribution >= 4 is 0 Å². The van der Waals surface area contributed by atoms with Gasteiger partial charge in [0.2, 0.25) is 0 Å². The van der Waals surface area contributed by atoms with Gasteiger partial charge < -0.3 is 0 Å². The van der Waals surface area contributed by atoms with E-state index in [1.807, 2.05) is 0 Å². The Kier molecular flexibility index (Phi) is 3.45. The summed E-state index contributed by atoms with van der Waals surface area (Å²) in [4.78, 5) is 0. The first-order chi connectivity index (χ1) is 7.00. The molecule has 0 rings (SSSR count). The highest BCUT2D eigenvalue weighted by atomic mass is 19.5. The Morgan fingerprint density at radius 1 is 0.706 bits per heavy atom. The maximum absolute atomic E-state index is 12.3. The molecule has 0 atom stereocenters. The fourth-order valence-corrected chi connectivity index (χ4v) is 0.651. The second-order valence-corrected chi connectivity index (χ2v) is 3.11. The predicted octanol–water partition coefficient (Wildman–Crippen LogP) is 4.11. The molecule has 11 heteroatoms. The lowest BCUT2D eigenvalue weighted by Crippen LogP contribution is -2.65. The summed E-state index contributed by atoms with van der Waals surface area (Å²) in [5.41, 5.74) is 0. The van der Waals surface area contributed by atoms with Crippen molar-refractivity contribution < 1.29 is 48.3 Å². The smallest absolute Gasteiger partial charge is 0.200 e. The van der Waals surface area contributed by atoms with E-state index in [0.29, 0.717) is 0 Å². The van der Waals surface area contributed by atoms with E-state index in [2.05, 4.69) is 0 Å². The molecule has 0 unspecified atom stereocenters. The van der Waals surface area contributed by atoms with Gasteiger partial charge >= 0.3 is 29.9 Å². The van der Waals surface area contributed by atoms with E-state index in [0.717, 1.165) is 0 Å². The quantitative estimate of drug-likeness (QED) is 0.685. The van der Waals surface area contributed by atoms with Crippen LogP contribution in [0.15, 0.2) is 0 Å². The van der Waals surface area contributed by atoms with Crippen LogP contribution in [0.1, 0.15) is 6.92 Å². The average molecular weight is 286 g/mol. The van der Waals surface area contributed by atoms with Gasteiger partial charge in [-0.25, -0.2) is 0 Å². The van der Waals surface area contributed by atoms with Crippen LogP contribution >= 0.6 is 0 Å². The Bertz CT molecular complexity index is 251. The second-order valence-electron chi connectivity index (χ2n) is 3.11. The van der Waals surface area contributed by atoms with Gasteiger partial charge in [-0.1, -0.05) is 0 Å². The maximum atomic E-state index is 12.3. The molecule has 0 bridgehead atoms. The second kappa shape index (κ2) is 3.61. The molecule has 0 N–H and O–H groups in total. The highest BCUT2D eigenvalue weighted by Gasteiger charge is 2.86. The van der Waals surface area contributed by atoms with Gasteiger partial charge in [0.05, 0.1) is 0 Å². The highest BCUT2D eigenvalue weighted by Crippen LogP contribution is 2.56. The predicted molar refractivity (Wildman–Crippen MR) is 31.5 cm³/mol. The van der Waals surface area contributed by atoms with Gasteiger partial charge in [-0.15, -0.1) is 0 Å². The lowest BCUT2D eigenvalue weighted by atomic mass is 10.1. The Balaban J connectivity index is 5.73. The molecule has 0 saturated carbocycles. The molecule has 0 aliphatic heterocycles. The van der Waals surface area contributed by atoms with Crippen LogP contribution in [0.4, 0.5) is 48.3 Å². The highest BCUT2D eigenvalue weighted by molar-refractivity contribution is 5.04. The molecule has 17 heavy (non-hydrogen) atoms. The molecule has 0 heterocycles. The molecule has 0 aromatic rings. The summed E-state index contributed by atoms with van der Waals surface area (Å²) >= 11 is 0. The SMILES string of the molecule is CC(F)(F)C(F)(F)C(F)(F)[14C](F)(F)C(F)(F)F. The molecule has 0 aromatic heterocycles. The third kappa shape index (κ3) is 2.15. The van der Waals surface area contributed by atoms with E-state index in [9.17, 15) is 48.3 Å². The maximum Gasteiger partial charge on any atom is 0.460 e. The first-order valence-corrected chi connectivity index (χ1v) is 3.58. The van der Waals surface area contributed by atoms with Crippen molar-refractivity contribution in [2.24, 2.45) is 0 Å². The summed E-state index contributed by atoms with van der Waals surface area (Å²) in [6.45, 7) is -0.895. The van der Waals surface area contributed by atoms with Crippen molar-refractivity contribution in [1.82, 2.24) is 0 Å². The summed E-state index contributed by atoms with van der Waals surface area (Å²) < 4.78 is 131. The molecular weight excluding hydrogens is 283 g/mol. The van der Waals surface area contributed by atoms with E-state index < -0.39 is 36.8 Å². The normalized spacial score (nSPS) is 16.2. The molecule has 0 aromatic carbocycles. The minimum atomic E-state index is -7.29. The molecule has 0 nitrogen and oxygen atoms in total. The Morgan fingerprint density at radius 3 is 1.18 bits per heavy atom. The van der Waals surface area contributed by atoms with Crippen LogP contribution in [0, 0.1) is 0 Å². The van der Waals surface area contributed by atoms with Crippen LogP contribution in [-0.4, -0.2) is 29.9 Å². The summed E-state index contributed by atoms with van der Waals surface area (Å²) in [6.07, 6.45) is -7.09. The van der Waals surface area contributed by atoms with E-state index >= 15 is 0 Å². The van der Waals surface area contributed by atoms with Crippen molar-refractivity contribution in [3.63, 3.8) is 0 Å². The summed E-state index contributed by atoms with van der Waals surface area (Å²) in [5, 5.41) is 0. The fourth-order valence-electron chi connectivity index (χ4n) is 0.651. The van der Waals surface area contributed by atoms with Crippen LogP contribution < -0.4 is 0 Å². The number of rotatable bonds is 3. The minimum Gasteiger partial charge on any atom is -0.200 e. The van der Waals surface area contributed by atoms with E-state index in [4.69, 9.17) is 0 Å². The minimum absolute atomic E-state index is 0.895. The Labute approximate surface area is 86.4 Å². The lowest BCUT2D eigenvalue weighted by Gasteiger charge is -2.35.